The van der Waals surface area contributed by atoms with Crippen LogP contribution in [-0.4, -0.2) is 73.0 Å². The average Bonchev–Trinajstić information content (AvgIpc) is 3.15. The number of halogens is 2. The van der Waals surface area contributed by atoms with Crippen molar-refractivity contribution in [2.75, 3.05) is 44.2 Å². The minimum Gasteiger partial charge on any atom is -0.443 e. The van der Waals surface area contributed by atoms with E-state index in [-0.39, 0.29) is 23.9 Å². The molecule has 1 atom stereocenters. The monoisotopic (exact) mass is 475 g/mol. The van der Waals surface area contributed by atoms with Gasteiger partial charge in [-0.05, 0) is 42.5 Å². The molecule has 0 spiro atoms. The highest BCUT2D eigenvalue weighted by molar-refractivity contribution is 6.42. The number of nitrogens with one attached hydrogen (secondary N) is 1. The summed E-state index contributed by atoms with van der Waals surface area (Å²) in [5.41, 5.74) is 7.31. The van der Waals surface area contributed by atoms with Crippen LogP contribution in [0.3, 0.4) is 0 Å². The molecule has 2 aliphatic heterocycles. The normalized spacial score (nSPS) is 19.2. The summed E-state index contributed by atoms with van der Waals surface area (Å²) in [4.78, 5) is 30.6. The second-order valence-corrected chi connectivity index (χ2v) is 8.61. The molecule has 2 amide bonds. The van der Waals surface area contributed by atoms with Crippen molar-refractivity contribution in [3.8, 4) is 0 Å². The van der Waals surface area contributed by atoms with E-state index in [0.29, 0.717) is 66.1 Å². The first-order chi connectivity index (χ1) is 15.3. The van der Waals surface area contributed by atoms with Crippen LogP contribution in [0, 0.1) is 5.41 Å². The van der Waals surface area contributed by atoms with Gasteiger partial charge in [-0.3, -0.25) is 20.0 Å². The summed E-state index contributed by atoms with van der Waals surface area (Å²) < 4.78 is 5.55. The third-order valence-electron chi connectivity index (χ3n) is 5.65. The van der Waals surface area contributed by atoms with E-state index in [9.17, 15) is 9.59 Å². The summed E-state index contributed by atoms with van der Waals surface area (Å²) in [5, 5.41) is 8.25. The summed E-state index contributed by atoms with van der Waals surface area (Å²) in [6, 6.07) is 11.8. The molecule has 3 N–H and O–H groups in total. The number of ether oxygens (including phenoxy) is 1. The Kier molecular flexibility index (Phi) is 6.55. The molecule has 0 bridgehead atoms. The van der Waals surface area contributed by atoms with Crippen molar-refractivity contribution in [3.63, 3.8) is 0 Å². The Bertz CT molecular complexity index is 1040. The van der Waals surface area contributed by atoms with Crippen molar-refractivity contribution < 1.29 is 14.3 Å². The van der Waals surface area contributed by atoms with Crippen LogP contribution in [0.15, 0.2) is 42.5 Å². The highest BCUT2D eigenvalue weighted by Gasteiger charge is 2.34. The summed E-state index contributed by atoms with van der Waals surface area (Å²) in [6.45, 7) is 3.58. The fraction of sp³-hybridized carbons (Fsp3) is 0.318. The van der Waals surface area contributed by atoms with Crippen molar-refractivity contribution in [1.82, 2.24) is 9.80 Å². The molecule has 32 heavy (non-hydrogen) atoms. The van der Waals surface area contributed by atoms with Crippen LogP contribution in [0.4, 0.5) is 10.5 Å². The molecule has 1 unspecified atom stereocenters. The molecule has 2 saturated heterocycles. The second-order valence-electron chi connectivity index (χ2n) is 7.80. The number of nitrogens with two attached hydrogens (primary N) is 1. The molecule has 0 aromatic heterocycles. The van der Waals surface area contributed by atoms with Crippen molar-refractivity contribution in [2.24, 2.45) is 5.73 Å². The lowest BCUT2D eigenvalue weighted by Crippen LogP contribution is -2.50. The summed E-state index contributed by atoms with van der Waals surface area (Å²) in [5.74, 6) is -0.0918. The van der Waals surface area contributed by atoms with Gasteiger partial charge >= 0.3 is 6.09 Å². The molecule has 8 nitrogen and oxygen atoms in total. The van der Waals surface area contributed by atoms with Crippen molar-refractivity contribution >= 4 is 46.7 Å². The van der Waals surface area contributed by atoms with Gasteiger partial charge in [0.1, 0.15) is 11.9 Å². The number of nitrogen functional groups attached to an aromatic ring is 1. The molecule has 10 heteroatoms. The Morgan fingerprint density at radius 1 is 1.03 bits per heavy atom. The van der Waals surface area contributed by atoms with Gasteiger partial charge in [-0.2, -0.15) is 0 Å². The molecule has 2 heterocycles. The number of carbonyl (C=O) groups excluding carboxylic acids is 2. The van der Waals surface area contributed by atoms with Gasteiger partial charge in [-0.15, -0.1) is 0 Å². The number of hydrogen-bond acceptors (Lipinski definition) is 5. The van der Waals surface area contributed by atoms with E-state index in [1.807, 2.05) is 0 Å². The second kappa shape index (κ2) is 9.36. The van der Waals surface area contributed by atoms with Crippen LogP contribution < -0.4 is 10.6 Å². The number of rotatable bonds is 5. The molecule has 2 aliphatic rings. The Morgan fingerprint density at radius 3 is 2.31 bits per heavy atom. The van der Waals surface area contributed by atoms with Crippen molar-refractivity contribution in [1.29, 1.82) is 5.41 Å². The fourth-order valence-electron chi connectivity index (χ4n) is 3.88. The minimum absolute atomic E-state index is 0.0183. The van der Waals surface area contributed by atoms with Gasteiger partial charge in [-0.25, -0.2) is 4.79 Å². The Hall–Kier alpha value is -2.81. The Balaban J connectivity index is 1.29. The van der Waals surface area contributed by atoms with E-state index in [1.165, 1.54) is 0 Å². The average molecular weight is 476 g/mol. The topological polar surface area (TPSA) is 103 Å². The molecular formula is C22H23Cl2N5O3. The van der Waals surface area contributed by atoms with Gasteiger partial charge in [0.25, 0.3) is 5.91 Å². The van der Waals surface area contributed by atoms with Crippen LogP contribution in [0.1, 0.15) is 15.9 Å². The lowest BCUT2D eigenvalue weighted by atomic mass is 10.1. The zero-order chi connectivity index (χ0) is 22.8. The highest BCUT2D eigenvalue weighted by Crippen LogP contribution is 2.25. The predicted octanol–water partition coefficient (Wildman–Crippen LogP) is 3.06. The maximum Gasteiger partial charge on any atom is 0.414 e. The van der Waals surface area contributed by atoms with Gasteiger partial charge in [0, 0.05) is 49.5 Å². The molecule has 2 aromatic carbocycles. The number of cyclic esters (lactones) is 1. The van der Waals surface area contributed by atoms with Gasteiger partial charge in [0.05, 0.1) is 16.6 Å². The molecule has 4 rings (SSSR count). The third-order valence-corrected chi connectivity index (χ3v) is 6.39. The molecule has 0 saturated carbocycles. The number of benzene rings is 2. The number of amides is 2. The van der Waals surface area contributed by atoms with Gasteiger partial charge < -0.3 is 15.4 Å². The van der Waals surface area contributed by atoms with E-state index < -0.39 is 0 Å². The molecule has 0 radical (unpaired) electrons. The standard InChI is InChI=1S/C22H23Cl2N5O3/c23-18-6-3-15(11-19(18)24)21(30)28-9-7-27(8-10-28)12-17-13-29(22(31)32-17)16-4-1-14(2-5-16)20(25)26/h1-6,11,17H,7-10,12-13H2,(H3,25,26). The van der Waals surface area contributed by atoms with Crippen LogP contribution >= 0.6 is 23.2 Å². The summed E-state index contributed by atoms with van der Waals surface area (Å²) in [6.07, 6.45) is -0.647. The van der Waals surface area contributed by atoms with Crippen molar-refractivity contribution in [3.05, 3.63) is 63.6 Å². The first kappa shape index (κ1) is 22.4. The number of amidine groups is 1. The number of anilines is 1. The van der Waals surface area contributed by atoms with Gasteiger partial charge in [-0.1, -0.05) is 23.2 Å². The van der Waals surface area contributed by atoms with E-state index in [2.05, 4.69) is 4.90 Å². The molecule has 168 valence electrons. The number of carbonyl (C=O) groups is 2. The lowest BCUT2D eigenvalue weighted by molar-refractivity contribution is 0.0552. The van der Waals surface area contributed by atoms with Gasteiger partial charge in [0.15, 0.2) is 0 Å². The smallest absolute Gasteiger partial charge is 0.414 e. The third kappa shape index (κ3) is 4.82. The minimum atomic E-state index is -0.390. The van der Waals surface area contributed by atoms with E-state index in [1.54, 1.807) is 52.3 Å². The van der Waals surface area contributed by atoms with Gasteiger partial charge in [0.2, 0.25) is 0 Å². The number of piperazine rings is 1. The lowest BCUT2D eigenvalue weighted by Gasteiger charge is -2.35. The largest absolute Gasteiger partial charge is 0.443 e. The quantitative estimate of drug-likeness (QED) is 0.510. The van der Waals surface area contributed by atoms with Crippen LogP contribution in [-0.2, 0) is 4.74 Å². The molecule has 2 aromatic rings. The number of nitrogens with zero attached hydrogens (tertiary/aromatic N) is 3. The number of hydrogen-bond donors (Lipinski definition) is 2. The van der Waals surface area contributed by atoms with E-state index in [4.69, 9.17) is 39.1 Å². The molecule has 0 aliphatic carbocycles. The first-order valence-corrected chi connectivity index (χ1v) is 11.0. The fourth-order valence-corrected chi connectivity index (χ4v) is 4.18. The molecule has 2 fully saturated rings. The maximum atomic E-state index is 12.7. The van der Waals surface area contributed by atoms with Crippen LogP contribution in [0.5, 0.6) is 0 Å². The van der Waals surface area contributed by atoms with Crippen molar-refractivity contribution in [2.45, 2.75) is 6.10 Å². The Labute approximate surface area is 195 Å². The first-order valence-electron chi connectivity index (χ1n) is 10.2. The van der Waals surface area contributed by atoms with E-state index >= 15 is 0 Å². The SMILES string of the molecule is N=C(N)c1ccc(N2CC(CN3CCN(C(=O)c4ccc(Cl)c(Cl)c4)CC3)OC2=O)cc1. The van der Waals surface area contributed by atoms with Crippen LogP contribution in [0.2, 0.25) is 10.0 Å². The maximum absolute atomic E-state index is 12.7. The van der Waals surface area contributed by atoms with Crippen LogP contribution in [0.25, 0.3) is 0 Å². The highest BCUT2D eigenvalue weighted by atomic mass is 35.5. The summed E-state index contributed by atoms with van der Waals surface area (Å²) >= 11 is 12.0. The van der Waals surface area contributed by atoms with E-state index in [0.717, 1.165) is 0 Å². The zero-order valence-electron chi connectivity index (χ0n) is 17.3. The predicted molar refractivity (Wildman–Crippen MR) is 124 cm³/mol. The Morgan fingerprint density at radius 2 is 1.69 bits per heavy atom. The molecular weight excluding hydrogens is 453 g/mol. The zero-order valence-corrected chi connectivity index (χ0v) is 18.8. The summed E-state index contributed by atoms with van der Waals surface area (Å²) in [7, 11) is 0.